The van der Waals surface area contributed by atoms with Crippen LogP contribution in [0.3, 0.4) is 0 Å². The number of nitrogens with zero attached hydrogens (tertiary/aromatic N) is 2. The van der Waals surface area contributed by atoms with Gasteiger partial charge in [-0.15, -0.1) is 11.3 Å². The second kappa shape index (κ2) is 4.38. The third-order valence-corrected chi connectivity index (χ3v) is 4.94. The van der Waals surface area contributed by atoms with Gasteiger partial charge in [0.25, 0.3) is 0 Å². The lowest BCUT2D eigenvalue weighted by Crippen LogP contribution is -1.90. The van der Waals surface area contributed by atoms with Crippen LogP contribution in [-0.4, -0.2) is 9.97 Å². The van der Waals surface area contributed by atoms with E-state index in [4.69, 9.17) is 4.98 Å². The van der Waals surface area contributed by atoms with Gasteiger partial charge in [0, 0.05) is 6.20 Å². The lowest BCUT2D eigenvalue weighted by molar-refractivity contribution is 1.08. The van der Waals surface area contributed by atoms with E-state index in [1.54, 1.807) is 11.3 Å². The predicted octanol–water partition coefficient (Wildman–Crippen LogP) is 4.85. The van der Waals surface area contributed by atoms with E-state index in [1.807, 2.05) is 6.20 Å². The van der Waals surface area contributed by atoms with Crippen molar-refractivity contribution in [3.8, 4) is 10.7 Å². The van der Waals surface area contributed by atoms with Crippen molar-refractivity contribution in [2.24, 2.45) is 0 Å². The predicted molar refractivity (Wildman–Crippen MR) is 84.3 cm³/mol. The molecule has 0 saturated heterocycles. The fourth-order valence-corrected chi connectivity index (χ4v) is 3.61. The van der Waals surface area contributed by atoms with Gasteiger partial charge in [-0.2, -0.15) is 0 Å². The lowest BCUT2D eigenvalue weighted by atomic mass is 10.1. The Bertz CT molecular complexity index is 800. The Hall–Kier alpha value is -1.74. The van der Waals surface area contributed by atoms with Gasteiger partial charge in [-0.25, -0.2) is 4.98 Å². The summed E-state index contributed by atoms with van der Waals surface area (Å²) in [5.41, 5.74) is 6.00. The molecule has 1 aromatic carbocycles. The van der Waals surface area contributed by atoms with Gasteiger partial charge >= 0.3 is 0 Å². The van der Waals surface area contributed by atoms with E-state index in [0.717, 1.165) is 22.1 Å². The maximum absolute atomic E-state index is 4.75. The number of hydrogen-bond acceptors (Lipinski definition) is 3. The van der Waals surface area contributed by atoms with Crippen molar-refractivity contribution >= 4 is 21.6 Å². The fraction of sp³-hybridized carbons (Fsp3) is 0.294. The Balaban J connectivity index is 1.81. The standard InChI is InChI=1S/C17H16N2S/c1-10-3-6-15-14(7-10)19-17(20-15)16-11(2)8-13(9-18-16)12-4-5-12/h3,6-9,12H,4-5H2,1-2H3. The van der Waals surface area contributed by atoms with Crippen LogP contribution in [0, 0.1) is 13.8 Å². The molecule has 0 aliphatic heterocycles. The lowest BCUT2D eigenvalue weighted by Gasteiger charge is -2.04. The molecule has 0 bridgehead atoms. The van der Waals surface area contributed by atoms with Crippen molar-refractivity contribution in [1.29, 1.82) is 0 Å². The van der Waals surface area contributed by atoms with Gasteiger partial charge in [0.1, 0.15) is 10.7 Å². The number of aryl methyl sites for hydroxylation is 2. The highest BCUT2D eigenvalue weighted by Crippen LogP contribution is 2.41. The number of aromatic nitrogens is 2. The molecule has 0 atom stereocenters. The molecule has 1 fully saturated rings. The number of benzene rings is 1. The summed E-state index contributed by atoms with van der Waals surface area (Å²) < 4.78 is 1.23. The molecule has 0 spiro atoms. The van der Waals surface area contributed by atoms with Crippen molar-refractivity contribution in [3.63, 3.8) is 0 Å². The Morgan fingerprint density at radius 2 is 2.00 bits per heavy atom. The molecule has 2 nitrogen and oxygen atoms in total. The zero-order chi connectivity index (χ0) is 13.7. The van der Waals surface area contributed by atoms with Crippen LogP contribution in [0.4, 0.5) is 0 Å². The minimum Gasteiger partial charge on any atom is -0.253 e. The van der Waals surface area contributed by atoms with Crippen LogP contribution in [0.2, 0.25) is 0 Å². The summed E-state index contributed by atoms with van der Waals surface area (Å²) in [6.07, 6.45) is 4.68. The highest BCUT2D eigenvalue weighted by molar-refractivity contribution is 7.21. The van der Waals surface area contributed by atoms with E-state index in [-0.39, 0.29) is 0 Å². The quantitative estimate of drug-likeness (QED) is 0.670. The highest BCUT2D eigenvalue weighted by atomic mass is 32.1. The van der Waals surface area contributed by atoms with E-state index in [9.17, 15) is 0 Å². The monoisotopic (exact) mass is 280 g/mol. The Morgan fingerprint density at radius 1 is 1.15 bits per heavy atom. The first-order valence-corrected chi connectivity index (χ1v) is 7.86. The third kappa shape index (κ3) is 2.02. The van der Waals surface area contributed by atoms with Gasteiger partial charge < -0.3 is 0 Å². The molecule has 0 N–H and O–H groups in total. The Morgan fingerprint density at radius 3 is 2.75 bits per heavy atom. The highest BCUT2D eigenvalue weighted by Gasteiger charge is 2.24. The van der Waals surface area contributed by atoms with Gasteiger partial charge in [-0.1, -0.05) is 12.1 Å². The normalized spacial score (nSPS) is 14.9. The summed E-state index contributed by atoms with van der Waals surface area (Å²) in [4.78, 5) is 9.43. The van der Waals surface area contributed by atoms with Gasteiger partial charge in [-0.05, 0) is 61.4 Å². The number of thiazole rings is 1. The zero-order valence-electron chi connectivity index (χ0n) is 11.7. The summed E-state index contributed by atoms with van der Waals surface area (Å²) >= 11 is 1.73. The molecular formula is C17H16N2S. The molecule has 3 aromatic rings. The zero-order valence-corrected chi connectivity index (χ0v) is 12.5. The van der Waals surface area contributed by atoms with Gasteiger partial charge in [0.2, 0.25) is 0 Å². The van der Waals surface area contributed by atoms with E-state index in [0.29, 0.717) is 0 Å². The Kier molecular flexibility index (Phi) is 2.64. The molecule has 0 amide bonds. The molecule has 1 saturated carbocycles. The first-order chi connectivity index (χ1) is 9.70. The molecule has 1 aliphatic rings. The molecule has 2 aromatic heterocycles. The van der Waals surface area contributed by atoms with Crippen LogP contribution in [0.15, 0.2) is 30.5 Å². The fourth-order valence-electron chi connectivity index (χ4n) is 2.60. The third-order valence-electron chi connectivity index (χ3n) is 3.89. The minimum absolute atomic E-state index is 0.758. The molecule has 2 heterocycles. The van der Waals surface area contributed by atoms with Crippen molar-refractivity contribution < 1.29 is 0 Å². The van der Waals surface area contributed by atoms with E-state index < -0.39 is 0 Å². The van der Waals surface area contributed by atoms with Crippen molar-refractivity contribution in [2.45, 2.75) is 32.6 Å². The van der Waals surface area contributed by atoms with E-state index >= 15 is 0 Å². The second-order valence-corrected chi connectivity index (χ2v) is 6.73. The Labute approximate surface area is 122 Å². The van der Waals surface area contributed by atoms with Crippen LogP contribution < -0.4 is 0 Å². The summed E-state index contributed by atoms with van der Waals surface area (Å²) in [5.74, 6) is 0.758. The average molecular weight is 280 g/mol. The maximum atomic E-state index is 4.75. The van der Waals surface area contributed by atoms with Crippen LogP contribution in [-0.2, 0) is 0 Å². The molecule has 0 unspecified atom stereocenters. The molecule has 3 heteroatoms. The summed E-state index contributed by atoms with van der Waals surface area (Å²) in [6, 6.07) is 8.72. The molecule has 4 rings (SSSR count). The van der Waals surface area contributed by atoms with E-state index in [2.05, 4.69) is 43.1 Å². The summed E-state index contributed by atoms with van der Waals surface area (Å²) in [6.45, 7) is 4.25. The van der Waals surface area contributed by atoms with E-state index in [1.165, 1.54) is 34.2 Å². The van der Waals surface area contributed by atoms with Crippen molar-refractivity contribution in [2.75, 3.05) is 0 Å². The summed E-state index contributed by atoms with van der Waals surface area (Å²) in [7, 11) is 0. The largest absolute Gasteiger partial charge is 0.253 e. The first kappa shape index (κ1) is 12.0. The number of pyridine rings is 1. The van der Waals surface area contributed by atoms with Crippen LogP contribution in [0.1, 0.15) is 35.4 Å². The smallest absolute Gasteiger partial charge is 0.143 e. The number of rotatable bonds is 2. The minimum atomic E-state index is 0.758. The van der Waals surface area contributed by atoms with Gasteiger partial charge in [0.05, 0.1) is 10.2 Å². The molecule has 20 heavy (non-hydrogen) atoms. The van der Waals surface area contributed by atoms with Gasteiger partial charge in [-0.3, -0.25) is 4.98 Å². The average Bonchev–Trinajstić information content (AvgIpc) is 3.19. The van der Waals surface area contributed by atoms with Crippen molar-refractivity contribution in [3.05, 3.63) is 47.2 Å². The maximum Gasteiger partial charge on any atom is 0.143 e. The number of hydrogen-bond donors (Lipinski definition) is 0. The van der Waals surface area contributed by atoms with Crippen LogP contribution >= 0.6 is 11.3 Å². The summed E-state index contributed by atoms with van der Waals surface area (Å²) in [5, 5.41) is 1.03. The number of fused-ring (bicyclic) bond motifs is 1. The molecule has 1 aliphatic carbocycles. The SMILES string of the molecule is Cc1ccc2sc(-c3ncc(C4CC4)cc3C)nc2c1. The second-order valence-electron chi connectivity index (χ2n) is 5.70. The van der Waals surface area contributed by atoms with Crippen molar-refractivity contribution in [1.82, 2.24) is 9.97 Å². The van der Waals surface area contributed by atoms with Gasteiger partial charge in [0.15, 0.2) is 0 Å². The van der Waals surface area contributed by atoms with Crippen LogP contribution in [0.5, 0.6) is 0 Å². The first-order valence-electron chi connectivity index (χ1n) is 7.05. The van der Waals surface area contributed by atoms with Crippen LogP contribution in [0.25, 0.3) is 20.9 Å². The molecule has 100 valence electrons. The molecular weight excluding hydrogens is 264 g/mol. The topological polar surface area (TPSA) is 25.8 Å². The molecule has 0 radical (unpaired) electrons.